The first kappa shape index (κ1) is 58.6. The van der Waals surface area contributed by atoms with Gasteiger partial charge in [-0.1, -0.05) is 69.2 Å². The standard InChI is InChI=1S/C41H74N10O13/c1-19(2)12-25(34(56)43-16-31(55)46-28(17-52)37(59)50-32(22(7)8)39(61)44-24(11)41(63)64)48-40(62)33(23(9)10)51-38(60)29(18-53)49-36(58)27(14-21(5)6)47-35(57)26(13-20(3)4)45-30(54)15-42/h19-29,32-33,52-53H,12-18,42H2,1-11H3,(H,43,56)(H,44,61)(H,45,54)(H,46,55)(H,47,57)(H,48,62)(H,49,58)(H,50,59)(H,51,60)(H,63,64). The number of aliphatic hydroxyl groups is 2. The van der Waals surface area contributed by atoms with E-state index in [-0.39, 0.29) is 43.6 Å². The Balaban J connectivity index is 5.89. The smallest absolute Gasteiger partial charge is 0.325 e. The SMILES string of the molecule is CC(C)CC(NC(=O)CN)C(=O)NC(CC(C)C)C(=O)NC(CO)C(=O)NC(C(=O)NC(CC(C)C)C(=O)NCC(=O)NC(CO)C(=O)NC(C(=O)NC(C)C(=O)O)C(C)C)C(C)C. The van der Waals surface area contributed by atoms with Gasteiger partial charge in [0.1, 0.15) is 48.3 Å². The number of hydrogen-bond acceptors (Lipinski definition) is 13. The zero-order chi connectivity index (χ0) is 49.6. The van der Waals surface area contributed by atoms with Crippen LogP contribution in [0.2, 0.25) is 0 Å². The first-order chi connectivity index (χ1) is 29.7. The normalized spacial score (nSPS) is 15.1. The molecule has 8 unspecified atom stereocenters. The van der Waals surface area contributed by atoms with E-state index in [0.717, 1.165) is 0 Å². The van der Waals surface area contributed by atoms with Gasteiger partial charge < -0.3 is 68.9 Å². The molecule has 0 aliphatic rings. The third-order valence-electron chi connectivity index (χ3n) is 9.52. The summed E-state index contributed by atoms with van der Waals surface area (Å²) in [6.45, 7) is 15.6. The molecular formula is C41H74N10O13. The molecule has 0 radical (unpaired) electrons. The molecule has 0 aromatic carbocycles. The van der Waals surface area contributed by atoms with E-state index < -0.39 is 139 Å². The molecule has 23 nitrogen and oxygen atoms in total. The van der Waals surface area contributed by atoms with E-state index in [1.54, 1.807) is 55.4 Å². The molecule has 64 heavy (non-hydrogen) atoms. The van der Waals surface area contributed by atoms with Crippen molar-refractivity contribution >= 4 is 59.1 Å². The number of carboxylic acid groups (broad SMARTS) is 1. The molecule has 23 heteroatoms. The Labute approximate surface area is 375 Å². The minimum atomic E-state index is -1.58. The van der Waals surface area contributed by atoms with Crippen LogP contribution in [-0.4, -0.2) is 149 Å². The van der Waals surface area contributed by atoms with Crippen molar-refractivity contribution in [3.63, 3.8) is 0 Å². The first-order valence-electron chi connectivity index (χ1n) is 21.5. The topological polar surface area (TPSA) is 366 Å². The lowest BCUT2D eigenvalue weighted by Gasteiger charge is -2.28. The van der Waals surface area contributed by atoms with Crippen molar-refractivity contribution in [2.45, 2.75) is 144 Å². The molecule has 0 fully saturated rings. The van der Waals surface area contributed by atoms with Crippen LogP contribution in [0.3, 0.4) is 0 Å². The van der Waals surface area contributed by atoms with Gasteiger partial charge in [-0.2, -0.15) is 0 Å². The summed E-state index contributed by atoms with van der Waals surface area (Å²) in [5.74, 6) is -10.0. The molecule has 9 amide bonds. The Morgan fingerprint density at radius 2 is 0.750 bits per heavy atom. The van der Waals surface area contributed by atoms with Crippen molar-refractivity contribution in [1.82, 2.24) is 47.9 Å². The van der Waals surface area contributed by atoms with Gasteiger partial charge in [0.2, 0.25) is 53.2 Å². The van der Waals surface area contributed by atoms with E-state index in [9.17, 15) is 58.2 Å². The molecule has 0 aromatic heterocycles. The number of carbonyl (C=O) groups is 10. The second kappa shape index (κ2) is 29.1. The zero-order valence-corrected chi connectivity index (χ0v) is 39.0. The molecule has 0 aromatic rings. The molecule has 0 saturated heterocycles. The van der Waals surface area contributed by atoms with E-state index in [4.69, 9.17) is 10.8 Å². The van der Waals surface area contributed by atoms with Crippen molar-refractivity contribution in [2.24, 2.45) is 35.3 Å². The van der Waals surface area contributed by atoms with E-state index >= 15 is 0 Å². The van der Waals surface area contributed by atoms with Gasteiger partial charge in [0.05, 0.1) is 26.3 Å². The van der Waals surface area contributed by atoms with Gasteiger partial charge in [-0.15, -0.1) is 0 Å². The number of aliphatic hydroxyl groups excluding tert-OH is 2. The van der Waals surface area contributed by atoms with Crippen molar-refractivity contribution in [3.8, 4) is 0 Å². The number of amides is 9. The average Bonchev–Trinajstić information content (AvgIpc) is 3.19. The van der Waals surface area contributed by atoms with Gasteiger partial charge in [-0.05, 0) is 55.8 Å². The van der Waals surface area contributed by atoms with E-state index in [1.165, 1.54) is 6.92 Å². The summed E-state index contributed by atoms with van der Waals surface area (Å²) in [5.41, 5.74) is 5.41. The number of carbonyl (C=O) groups excluding carboxylic acids is 9. The lowest BCUT2D eigenvalue weighted by Crippen LogP contribution is -2.61. The first-order valence-corrected chi connectivity index (χ1v) is 21.5. The van der Waals surface area contributed by atoms with Crippen molar-refractivity contribution < 1.29 is 63.3 Å². The maximum atomic E-state index is 13.7. The van der Waals surface area contributed by atoms with Crippen LogP contribution in [0.25, 0.3) is 0 Å². The van der Waals surface area contributed by atoms with Crippen LogP contribution in [0.5, 0.6) is 0 Å². The molecule has 0 aliphatic carbocycles. The minimum absolute atomic E-state index is 0.0128. The Hall–Kier alpha value is -5.42. The summed E-state index contributed by atoms with van der Waals surface area (Å²) < 4.78 is 0. The number of nitrogens with two attached hydrogens (primary N) is 1. The Kier molecular flexibility index (Phi) is 26.6. The monoisotopic (exact) mass is 915 g/mol. The number of aliphatic carboxylic acids is 1. The van der Waals surface area contributed by atoms with E-state index in [2.05, 4.69) is 47.9 Å². The molecule has 366 valence electrons. The Morgan fingerprint density at radius 1 is 0.422 bits per heavy atom. The maximum Gasteiger partial charge on any atom is 0.325 e. The molecule has 0 rings (SSSR count). The molecule has 0 heterocycles. The van der Waals surface area contributed by atoms with Gasteiger partial charge in [0.25, 0.3) is 0 Å². The molecule has 0 bridgehead atoms. The summed E-state index contributed by atoms with van der Waals surface area (Å²) in [7, 11) is 0. The fourth-order valence-corrected chi connectivity index (χ4v) is 6.03. The lowest BCUT2D eigenvalue weighted by atomic mass is 9.99. The van der Waals surface area contributed by atoms with Crippen LogP contribution < -0.4 is 53.6 Å². The third kappa shape index (κ3) is 21.8. The predicted molar refractivity (Wildman–Crippen MR) is 233 cm³/mol. The fraction of sp³-hybridized carbons (Fsp3) is 0.756. The maximum absolute atomic E-state index is 13.7. The van der Waals surface area contributed by atoms with Gasteiger partial charge in [0.15, 0.2) is 0 Å². The highest BCUT2D eigenvalue weighted by atomic mass is 16.4. The molecule has 0 saturated carbocycles. The highest BCUT2D eigenvalue weighted by Crippen LogP contribution is 2.11. The van der Waals surface area contributed by atoms with Gasteiger partial charge in [0, 0.05) is 0 Å². The number of carboxylic acids is 1. The second-order valence-electron chi connectivity index (χ2n) is 17.6. The lowest BCUT2D eigenvalue weighted by molar-refractivity contribution is -0.142. The van der Waals surface area contributed by atoms with Crippen molar-refractivity contribution in [3.05, 3.63) is 0 Å². The van der Waals surface area contributed by atoms with Gasteiger partial charge in [-0.3, -0.25) is 47.9 Å². The van der Waals surface area contributed by atoms with Crippen LogP contribution in [0.15, 0.2) is 0 Å². The summed E-state index contributed by atoms with van der Waals surface area (Å²) >= 11 is 0. The van der Waals surface area contributed by atoms with Crippen LogP contribution in [0, 0.1) is 29.6 Å². The minimum Gasteiger partial charge on any atom is -0.480 e. The molecule has 0 aliphatic heterocycles. The molecule has 0 spiro atoms. The molecule has 14 N–H and O–H groups in total. The molecular weight excluding hydrogens is 841 g/mol. The largest absolute Gasteiger partial charge is 0.480 e. The van der Waals surface area contributed by atoms with Crippen LogP contribution in [0.1, 0.15) is 95.4 Å². The highest BCUT2D eigenvalue weighted by Gasteiger charge is 2.35. The van der Waals surface area contributed by atoms with Crippen LogP contribution in [0.4, 0.5) is 0 Å². The summed E-state index contributed by atoms with van der Waals surface area (Å²) in [5, 5.41) is 51.1. The summed E-state index contributed by atoms with van der Waals surface area (Å²) in [4.78, 5) is 129. The van der Waals surface area contributed by atoms with E-state index in [1.807, 2.05) is 13.8 Å². The predicted octanol–water partition coefficient (Wildman–Crippen LogP) is -3.52. The van der Waals surface area contributed by atoms with Crippen molar-refractivity contribution in [2.75, 3.05) is 26.3 Å². The van der Waals surface area contributed by atoms with Gasteiger partial charge >= 0.3 is 5.97 Å². The fourth-order valence-electron chi connectivity index (χ4n) is 6.03. The van der Waals surface area contributed by atoms with Crippen LogP contribution in [-0.2, 0) is 47.9 Å². The number of nitrogens with one attached hydrogen (secondary N) is 9. The van der Waals surface area contributed by atoms with Crippen LogP contribution >= 0.6 is 0 Å². The number of hydrogen-bond donors (Lipinski definition) is 13. The van der Waals surface area contributed by atoms with Crippen molar-refractivity contribution in [1.29, 1.82) is 0 Å². The average molecular weight is 915 g/mol. The highest BCUT2D eigenvalue weighted by molar-refractivity contribution is 5.98. The Morgan fingerprint density at radius 3 is 1.12 bits per heavy atom. The zero-order valence-electron chi connectivity index (χ0n) is 39.0. The Bertz CT molecular complexity index is 1610. The molecule has 8 atom stereocenters. The summed E-state index contributed by atoms with van der Waals surface area (Å²) in [6, 6.07) is -10.3. The number of rotatable bonds is 29. The quantitative estimate of drug-likeness (QED) is 0.0346. The van der Waals surface area contributed by atoms with Gasteiger partial charge in [-0.25, -0.2) is 0 Å². The third-order valence-corrected chi connectivity index (χ3v) is 9.52. The summed E-state index contributed by atoms with van der Waals surface area (Å²) in [6.07, 6.45) is 0.448. The second-order valence-corrected chi connectivity index (χ2v) is 17.6. The van der Waals surface area contributed by atoms with E-state index in [0.29, 0.717) is 0 Å².